The number of piperidine rings is 1. The lowest BCUT2D eigenvalue weighted by molar-refractivity contribution is 0.0320. The van der Waals surface area contributed by atoms with Gasteiger partial charge in [0.1, 0.15) is 0 Å². The Hall–Kier alpha value is -0.380. The van der Waals surface area contributed by atoms with Crippen molar-refractivity contribution in [2.24, 2.45) is 5.92 Å². The highest BCUT2D eigenvalue weighted by molar-refractivity contribution is 9.10. The number of likely N-dealkylation sites (tertiary alicyclic amines) is 1. The van der Waals surface area contributed by atoms with Crippen molar-refractivity contribution in [3.8, 4) is 0 Å². The van der Waals surface area contributed by atoms with Crippen molar-refractivity contribution in [1.82, 2.24) is 4.90 Å². The zero-order valence-corrected chi connectivity index (χ0v) is 11.2. The number of aliphatic hydroxyl groups excluding tert-OH is 1. The van der Waals surface area contributed by atoms with Crippen LogP contribution >= 0.6 is 15.9 Å². The van der Waals surface area contributed by atoms with Crippen LogP contribution in [-0.4, -0.2) is 29.2 Å². The van der Waals surface area contributed by atoms with E-state index in [1.807, 2.05) is 0 Å². The fraction of sp³-hybridized carbons (Fsp3) is 0.538. The lowest BCUT2D eigenvalue weighted by atomic mass is 9.96. The Balaban J connectivity index is 1.93. The van der Waals surface area contributed by atoms with Gasteiger partial charge in [-0.05, 0) is 30.0 Å². The van der Waals surface area contributed by atoms with E-state index in [9.17, 15) is 5.11 Å². The van der Waals surface area contributed by atoms with Crippen LogP contribution in [0.15, 0.2) is 28.7 Å². The molecule has 2 nitrogen and oxygen atoms in total. The number of halogens is 1. The molecule has 0 aliphatic carbocycles. The first-order valence-corrected chi connectivity index (χ1v) is 6.59. The Labute approximate surface area is 105 Å². The monoisotopic (exact) mass is 283 g/mol. The van der Waals surface area contributed by atoms with Gasteiger partial charge in [0.2, 0.25) is 0 Å². The molecule has 16 heavy (non-hydrogen) atoms. The van der Waals surface area contributed by atoms with Crippen molar-refractivity contribution in [1.29, 1.82) is 0 Å². The minimum Gasteiger partial charge on any atom is -0.393 e. The Kier molecular flexibility index (Phi) is 4.00. The van der Waals surface area contributed by atoms with Crippen LogP contribution in [-0.2, 0) is 6.54 Å². The van der Waals surface area contributed by atoms with Gasteiger partial charge in [-0.1, -0.05) is 35.0 Å². The first-order chi connectivity index (χ1) is 7.65. The molecular weight excluding hydrogens is 266 g/mol. The highest BCUT2D eigenvalue weighted by Crippen LogP contribution is 2.19. The molecule has 1 aromatic rings. The number of benzene rings is 1. The number of hydrogen-bond donors (Lipinski definition) is 1. The molecule has 1 saturated heterocycles. The summed E-state index contributed by atoms with van der Waals surface area (Å²) in [6, 6.07) is 8.47. The van der Waals surface area contributed by atoms with E-state index in [1.165, 1.54) is 5.56 Å². The molecule has 1 aromatic carbocycles. The smallest absolute Gasteiger partial charge is 0.0590 e. The zero-order chi connectivity index (χ0) is 11.5. The van der Waals surface area contributed by atoms with E-state index in [2.05, 4.69) is 52.0 Å². The van der Waals surface area contributed by atoms with E-state index >= 15 is 0 Å². The molecule has 0 radical (unpaired) electrons. The lowest BCUT2D eigenvalue weighted by Gasteiger charge is -2.34. The van der Waals surface area contributed by atoms with Crippen LogP contribution in [0.1, 0.15) is 18.9 Å². The molecule has 0 saturated carbocycles. The average Bonchev–Trinajstić information content (AvgIpc) is 2.27. The van der Waals surface area contributed by atoms with E-state index in [-0.39, 0.29) is 6.10 Å². The first-order valence-electron chi connectivity index (χ1n) is 5.80. The van der Waals surface area contributed by atoms with Crippen LogP contribution in [0.2, 0.25) is 0 Å². The van der Waals surface area contributed by atoms with Crippen LogP contribution in [0.4, 0.5) is 0 Å². The van der Waals surface area contributed by atoms with Gasteiger partial charge in [0.05, 0.1) is 6.10 Å². The highest BCUT2D eigenvalue weighted by atomic mass is 79.9. The highest BCUT2D eigenvalue weighted by Gasteiger charge is 2.23. The van der Waals surface area contributed by atoms with Gasteiger partial charge in [0.25, 0.3) is 0 Å². The Morgan fingerprint density at radius 3 is 2.69 bits per heavy atom. The number of nitrogens with zero attached hydrogens (tertiary/aromatic N) is 1. The van der Waals surface area contributed by atoms with Gasteiger partial charge in [-0.2, -0.15) is 0 Å². The van der Waals surface area contributed by atoms with Gasteiger partial charge in [-0.15, -0.1) is 0 Å². The third-order valence-electron chi connectivity index (χ3n) is 3.26. The summed E-state index contributed by atoms with van der Waals surface area (Å²) in [6.45, 7) is 5.11. The molecule has 1 aliphatic heterocycles. The van der Waals surface area contributed by atoms with Gasteiger partial charge in [0, 0.05) is 24.1 Å². The van der Waals surface area contributed by atoms with E-state index in [0.717, 1.165) is 30.5 Å². The van der Waals surface area contributed by atoms with Crippen molar-refractivity contribution in [3.63, 3.8) is 0 Å². The quantitative estimate of drug-likeness (QED) is 0.902. The summed E-state index contributed by atoms with van der Waals surface area (Å²) in [7, 11) is 0. The van der Waals surface area contributed by atoms with Crippen LogP contribution in [0, 0.1) is 5.92 Å². The molecule has 1 N–H and O–H groups in total. The molecule has 2 atom stereocenters. The van der Waals surface area contributed by atoms with E-state index < -0.39 is 0 Å². The molecule has 0 aromatic heterocycles. The fourth-order valence-electron chi connectivity index (χ4n) is 2.21. The van der Waals surface area contributed by atoms with Crippen molar-refractivity contribution in [3.05, 3.63) is 34.3 Å². The Bertz CT molecular complexity index is 338. The minimum atomic E-state index is -0.110. The Morgan fingerprint density at radius 1 is 1.38 bits per heavy atom. The summed E-state index contributed by atoms with van der Waals surface area (Å²) in [5, 5.41) is 9.67. The molecule has 3 heteroatoms. The first kappa shape index (κ1) is 12.1. The van der Waals surface area contributed by atoms with Crippen molar-refractivity contribution in [2.75, 3.05) is 13.1 Å². The summed E-state index contributed by atoms with van der Waals surface area (Å²) in [4.78, 5) is 2.42. The summed E-state index contributed by atoms with van der Waals surface area (Å²) in [5.74, 6) is 0.393. The summed E-state index contributed by atoms with van der Waals surface area (Å²) in [6.07, 6.45) is 0.790. The predicted molar refractivity (Wildman–Crippen MR) is 69.2 cm³/mol. The zero-order valence-electron chi connectivity index (χ0n) is 9.56. The number of rotatable bonds is 2. The van der Waals surface area contributed by atoms with Gasteiger partial charge in [-0.3, -0.25) is 4.90 Å². The van der Waals surface area contributed by atoms with E-state index in [0.29, 0.717) is 5.92 Å². The van der Waals surface area contributed by atoms with Crippen LogP contribution < -0.4 is 0 Å². The number of aliphatic hydroxyl groups is 1. The van der Waals surface area contributed by atoms with Crippen molar-refractivity contribution in [2.45, 2.75) is 26.0 Å². The fourth-order valence-corrected chi connectivity index (χ4v) is 2.48. The van der Waals surface area contributed by atoms with Crippen molar-refractivity contribution < 1.29 is 5.11 Å². The maximum Gasteiger partial charge on any atom is 0.0590 e. The van der Waals surface area contributed by atoms with Gasteiger partial charge < -0.3 is 5.11 Å². The van der Waals surface area contributed by atoms with Crippen molar-refractivity contribution >= 4 is 15.9 Å². The van der Waals surface area contributed by atoms with Crippen LogP contribution in [0.25, 0.3) is 0 Å². The molecule has 1 heterocycles. The topological polar surface area (TPSA) is 23.5 Å². The molecule has 1 aliphatic rings. The largest absolute Gasteiger partial charge is 0.393 e. The van der Waals surface area contributed by atoms with E-state index in [1.54, 1.807) is 0 Å². The summed E-state index contributed by atoms with van der Waals surface area (Å²) < 4.78 is 1.12. The standard InChI is InChI=1S/C13H18BrNO/c1-10-8-15(7-6-13(10)16)9-11-2-4-12(14)5-3-11/h2-5,10,13,16H,6-9H2,1H3. The molecule has 88 valence electrons. The molecule has 0 amide bonds. The molecular formula is C13H18BrNO. The third kappa shape index (κ3) is 3.06. The number of hydrogen-bond acceptors (Lipinski definition) is 2. The molecule has 0 bridgehead atoms. The van der Waals surface area contributed by atoms with Crippen LogP contribution in [0.5, 0.6) is 0 Å². The average molecular weight is 284 g/mol. The second kappa shape index (κ2) is 5.30. The second-order valence-corrected chi connectivity index (χ2v) is 5.61. The SMILES string of the molecule is CC1CN(Cc2ccc(Br)cc2)CCC1O. The maximum absolute atomic E-state index is 9.67. The van der Waals surface area contributed by atoms with Crippen LogP contribution in [0.3, 0.4) is 0 Å². The third-order valence-corrected chi connectivity index (χ3v) is 3.79. The molecule has 1 fully saturated rings. The predicted octanol–water partition coefficient (Wildman–Crippen LogP) is 2.65. The lowest BCUT2D eigenvalue weighted by Crippen LogP contribution is -2.41. The normalized spacial score (nSPS) is 26.9. The summed E-state index contributed by atoms with van der Waals surface area (Å²) >= 11 is 3.44. The molecule has 2 rings (SSSR count). The van der Waals surface area contributed by atoms with Gasteiger partial charge in [-0.25, -0.2) is 0 Å². The summed E-state index contributed by atoms with van der Waals surface area (Å²) in [5.41, 5.74) is 1.34. The maximum atomic E-state index is 9.67. The molecule has 2 unspecified atom stereocenters. The van der Waals surface area contributed by atoms with E-state index in [4.69, 9.17) is 0 Å². The minimum absolute atomic E-state index is 0.110. The molecule has 0 spiro atoms. The Morgan fingerprint density at radius 2 is 2.06 bits per heavy atom. The van der Waals surface area contributed by atoms with Gasteiger partial charge >= 0.3 is 0 Å². The van der Waals surface area contributed by atoms with Gasteiger partial charge in [0.15, 0.2) is 0 Å². The second-order valence-electron chi connectivity index (χ2n) is 4.69.